The number of hydrogen-bond donors (Lipinski definition) is 0. The minimum absolute atomic E-state index is 0.330. The van der Waals surface area contributed by atoms with Crippen LogP contribution in [-0.4, -0.2) is 21.8 Å². The van der Waals surface area contributed by atoms with E-state index < -0.39 is 24.0 Å². The average molecular weight is 417 g/mol. The molecule has 4 nitrogen and oxygen atoms in total. The molecule has 2 saturated heterocycles. The van der Waals surface area contributed by atoms with Crippen LogP contribution < -0.4 is 10.6 Å². The lowest BCUT2D eigenvalue weighted by molar-refractivity contribution is -0.155. The summed E-state index contributed by atoms with van der Waals surface area (Å²) in [7, 11) is -3.34. The quantitative estimate of drug-likeness (QED) is 0.362. The lowest BCUT2D eigenvalue weighted by atomic mass is 9.78. The maximum absolute atomic E-state index is 15.1. The van der Waals surface area contributed by atoms with Gasteiger partial charge in [0.2, 0.25) is 7.29 Å². The zero-order valence-electron chi connectivity index (χ0n) is 17.3. The smallest absolute Gasteiger partial charge is 0.329 e. The van der Waals surface area contributed by atoms with Gasteiger partial charge in [-0.1, -0.05) is 66.7 Å². The first-order valence-corrected chi connectivity index (χ1v) is 11.8. The molecule has 152 valence electrons. The minimum atomic E-state index is -3.34. The molecular formula is C25H24NO3P. The molecule has 0 aromatic heterocycles. The molecule has 0 spiro atoms. The van der Waals surface area contributed by atoms with Crippen molar-refractivity contribution in [3.05, 3.63) is 96.6 Å². The van der Waals surface area contributed by atoms with Gasteiger partial charge in [-0.2, -0.15) is 0 Å². The number of benzene rings is 3. The summed E-state index contributed by atoms with van der Waals surface area (Å²) in [4.78, 5) is 13.3. The molecular weight excluding hydrogens is 393 g/mol. The number of cyclic esters (lactones) is 1. The summed E-state index contributed by atoms with van der Waals surface area (Å²) in [5, 5.41) is 1.43. The Labute approximate surface area is 176 Å². The summed E-state index contributed by atoms with van der Waals surface area (Å²) in [6.07, 6.45) is 0. The molecule has 2 aliphatic heterocycles. The van der Waals surface area contributed by atoms with E-state index in [1.807, 2.05) is 116 Å². The van der Waals surface area contributed by atoms with Gasteiger partial charge in [-0.15, -0.1) is 0 Å². The zero-order valence-corrected chi connectivity index (χ0v) is 18.2. The van der Waals surface area contributed by atoms with Crippen molar-refractivity contribution >= 4 is 23.9 Å². The molecule has 0 N–H and O–H groups in total. The van der Waals surface area contributed by atoms with Crippen molar-refractivity contribution in [3.8, 4) is 0 Å². The maximum Gasteiger partial charge on any atom is 0.329 e. The normalized spacial score (nSPS) is 29.2. The van der Waals surface area contributed by atoms with Crippen LogP contribution in [-0.2, 0) is 19.6 Å². The SMILES string of the molecule is CC1(C)OC(=O)[C@@]2(C)N(P(=O)(c3ccccc3)c3ccccc3)[C@@]12c1ccccc1. The summed E-state index contributed by atoms with van der Waals surface area (Å²) in [5.41, 5.74) is -1.77. The predicted molar refractivity (Wildman–Crippen MR) is 118 cm³/mol. The number of morpholine rings is 1. The lowest BCUT2D eigenvalue weighted by Gasteiger charge is -2.35. The number of nitrogens with zero attached hydrogens (tertiary/aromatic N) is 1. The van der Waals surface area contributed by atoms with Crippen LogP contribution in [0.3, 0.4) is 0 Å². The van der Waals surface area contributed by atoms with Crippen LogP contribution in [0.4, 0.5) is 0 Å². The van der Waals surface area contributed by atoms with Crippen molar-refractivity contribution < 1.29 is 14.1 Å². The fraction of sp³-hybridized carbons (Fsp3) is 0.240. The monoisotopic (exact) mass is 417 g/mol. The van der Waals surface area contributed by atoms with Crippen molar-refractivity contribution in [3.63, 3.8) is 0 Å². The van der Waals surface area contributed by atoms with Gasteiger partial charge in [-0.3, -0.25) is 4.57 Å². The molecule has 1 unspecified atom stereocenters. The fourth-order valence-corrected chi connectivity index (χ4v) is 9.13. The second kappa shape index (κ2) is 6.16. The second-order valence-corrected chi connectivity index (χ2v) is 11.2. The van der Waals surface area contributed by atoms with Gasteiger partial charge < -0.3 is 4.74 Å². The van der Waals surface area contributed by atoms with Gasteiger partial charge in [0.1, 0.15) is 11.1 Å². The third kappa shape index (κ3) is 2.11. The third-order valence-corrected chi connectivity index (χ3v) is 9.96. The Morgan fingerprint density at radius 3 is 1.63 bits per heavy atom. The Morgan fingerprint density at radius 2 is 1.17 bits per heavy atom. The Hall–Kier alpha value is -2.68. The van der Waals surface area contributed by atoms with Gasteiger partial charge in [0.15, 0.2) is 5.54 Å². The number of fused-ring (bicyclic) bond motifs is 1. The van der Waals surface area contributed by atoms with Gasteiger partial charge in [-0.25, -0.2) is 9.46 Å². The van der Waals surface area contributed by atoms with E-state index in [1.54, 1.807) is 0 Å². The van der Waals surface area contributed by atoms with E-state index >= 15 is 4.57 Å². The zero-order chi connectivity index (χ0) is 21.2. The van der Waals surface area contributed by atoms with E-state index in [2.05, 4.69) is 0 Å². The van der Waals surface area contributed by atoms with E-state index in [4.69, 9.17) is 4.74 Å². The van der Waals surface area contributed by atoms with Crippen LogP contribution in [0.25, 0.3) is 0 Å². The van der Waals surface area contributed by atoms with Crippen LogP contribution in [0.15, 0.2) is 91.0 Å². The number of esters is 1. The van der Waals surface area contributed by atoms with Crippen LogP contribution >= 0.6 is 7.29 Å². The molecule has 3 aromatic carbocycles. The summed E-state index contributed by atoms with van der Waals surface area (Å²) in [6.45, 7) is 5.71. The maximum atomic E-state index is 15.1. The van der Waals surface area contributed by atoms with E-state index in [-0.39, 0.29) is 5.97 Å². The van der Waals surface area contributed by atoms with Crippen molar-refractivity contribution in [2.45, 2.75) is 37.5 Å². The number of rotatable bonds is 4. The first kappa shape index (κ1) is 19.3. The molecule has 3 atom stereocenters. The largest absolute Gasteiger partial charge is 0.456 e. The molecule has 2 heterocycles. The van der Waals surface area contributed by atoms with Crippen LogP contribution in [0, 0.1) is 0 Å². The van der Waals surface area contributed by atoms with E-state index in [1.165, 1.54) is 0 Å². The Bertz CT molecular complexity index is 1120. The van der Waals surface area contributed by atoms with Gasteiger partial charge in [0.25, 0.3) is 0 Å². The number of ether oxygens (including phenoxy) is 1. The topological polar surface area (TPSA) is 46.4 Å². The van der Waals surface area contributed by atoms with E-state index in [0.29, 0.717) is 10.6 Å². The Balaban J connectivity index is 1.83. The number of hydrogen-bond acceptors (Lipinski definition) is 3. The molecule has 0 bridgehead atoms. The number of carbonyl (C=O) groups excluding carboxylic acids is 1. The molecule has 5 heteroatoms. The van der Waals surface area contributed by atoms with Crippen molar-refractivity contribution in [1.82, 2.24) is 4.67 Å². The van der Waals surface area contributed by atoms with Crippen molar-refractivity contribution in [1.29, 1.82) is 0 Å². The molecule has 0 radical (unpaired) electrons. The predicted octanol–water partition coefficient (Wildman–Crippen LogP) is 4.22. The second-order valence-electron chi connectivity index (χ2n) is 8.61. The highest BCUT2D eigenvalue weighted by molar-refractivity contribution is 7.77. The molecule has 0 amide bonds. The highest BCUT2D eigenvalue weighted by Crippen LogP contribution is 2.79. The summed E-state index contributed by atoms with van der Waals surface area (Å²) in [6, 6.07) is 28.8. The van der Waals surface area contributed by atoms with Crippen LogP contribution in [0.1, 0.15) is 26.3 Å². The van der Waals surface area contributed by atoms with Gasteiger partial charge in [0.05, 0.1) is 0 Å². The van der Waals surface area contributed by atoms with E-state index in [9.17, 15) is 4.79 Å². The summed E-state index contributed by atoms with van der Waals surface area (Å²) >= 11 is 0. The Kier molecular flexibility index (Phi) is 3.96. The molecule has 0 saturated carbocycles. The fourth-order valence-electron chi connectivity index (χ4n) is 5.50. The highest BCUT2D eigenvalue weighted by Gasteiger charge is 2.92. The Morgan fingerprint density at radius 1 is 0.733 bits per heavy atom. The minimum Gasteiger partial charge on any atom is -0.456 e. The summed E-state index contributed by atoms with van der Waals surface area (Å²) < 4.78 is 22.9. The molecule has 0 aliphatic carbocycles. The van der Waals surface area contributed by atoms with Crippen molar-refractivity contribution in [2.75, 3.05) is 0 Å². The molecule has 5 rings (SSSR count). The molecule has 3 aromatic rings. The average Bonchev–Trinajstić information content (AvgIpc) is 3.34. The molecule has 30 heavy (non-hydrogen) atoms. The summed E-state index contributed by atoms with van der Waals surface area (Å²) in [5.74, 6) is -0.330. The van der Waals surface area contributed by atoms with Crippen molar-refractivity contribution in [2.24, 2.45) is 0 Å². The van der Waals surface area contributed by atoms with Gasteiger partial charge in [-0.05, 0) is 50.6 Å². The number of carbonyl (C=O) groups is 1. The van der Waals surface area contributed by atoms with Crippen LogP contribution in [0.5, 0.6) is 0 Å². The highest BCUT2D eigenvalue weighted by atomic mass is 31.2. The molecule has 2 aliphatic rings. The first-order valence-electron chi connectivity index (χ1n) is 10.1. The van der Waals surface area contributed by atoms with Gasteiger partial charge >= 0.3 is 5.97 Å². The first-order chi connectivity index (χ1) is 14.3. The molecule has 2 fully saturated rings. The van der Waals surface area contributed by atoms with Gasteiger partial charge in [0, 0.05) is 10.6 Å². The van der Waals surface area contributed by atoms with Crippen LogP contribution in [0.2, 0.25) is 0 Å². The lowest BCUT2D eigenvalue weighted by Crippen LogP contribution is -2.42. The van der Waals surface area contributed by atoms with E-state index in [0.717, 1.165) is 5.56 Å². The standard InChI is InChI=1S/C25H24NO3P/c1-23(2)25(19-13-7-4-8-14-19)24(3,22(27)29-23)26(25)30(28,20-15-9-5-10-16-20)21-17-11-6-12-18-21/h4-18H,1-3H3/t24-,25+,26?/m1/s1. The third-order valence-electron chi connectivity index (χ3n) is 6.70.